The highest BCUT2D eigenvalue weighted by Crippen LogP contribution is 2.13. The maximum atomic E-state index is 3.40. The second-order valence-electron chi connectivity index (χ2n) is 2.44. The molecule has 1 rings (SSSR count). The summed E-state index contributed by atoms with van der Waals surface area (Å²) in [4.78, 5) is 6.80. The maximum Gasteiger partial charge on any atom is 0.105 e. The second kappa shape index (κ2) is 2.77. The van der Waals surface area contributed by atoms with Crippen LogP contribution in [-0.2, 0) is 0 Å². The molecule has 0 unspecified atom stereocenters. The van der Waals surface area contributed by atoms with Crippen molar-refractivity contribution < 1.29 is 0 Å². The van der Waals surface area contributed by atoms with Gasteiger partial charge in [-0.2, -0.15) is 0 Å². The lowest BCUT2D eigenvalue weighted by Gasteiger charge is -2.31. The van der Waals surface area contributed by atoms with Gasteiger partial charge >= 0.3 is 0 Å². The van der Waals surface area contributed by atoms with E-state index < -0.39 is 0 Å². The quantitative estimate of drug-likeness (QED) is 0.487. The molecule has 4 heteroatoms. The van der Waals surface area contributed by atoms with E-state index in [9.17, 15) is 0 Å². The molecule has 0 aromatic carbocycles. The van der Waals surface area contributed by atoms with Crippen molar-refractivity contribution in [2.24, 2.45) is 0 Å². The van der Waals surface area contributed by atoms with Gasteiger partial charge in [-0.3, -0.25) is 0 Å². The first-order chi connectivity index (χ1) is 3.86. The molecule has 0 saturated carbocycles. The molecular formula is C4H14N2Si2. The lowest BCUT2D eigenvalue weighted by atomic mass is 11.6. The fraction of sp³-hybridized carbons (Fsp3) is 1.00. The predicted octanol–water partition coefficient (Wildman–Crippen LogP) is -1.04. The molecule has 0 aromatic heterocycles. The van der Waals surface area contributed by atoms with Gasteiger partial charge in [-0.15, -0.1) is 0 Å². The molecule has 1 aliphatic heterocycles. The fourth-order valence-electron chi connectivity index (χ4n) is 1.09. The van der Waals surface area contributed by atoms with Gasteiger partial charge in [0.25, 0.3) is 0 Å². The highest BCUT2D eigenvalue weighted by molar-refractivity contribution is 6.92. The number of hydrogen-bond acceptors (Lipinski definition) is 2. The Labute approximate surface area is 54.0 Å². The minimum absolute atomic E-state index is 0.306. The molecule has 0 bridgehead atoms. The second-order valence-corrected chi connectivity index (χ2v) is 10.2. The van der Waals surface area contributed by atoms with E-state index in [-0.39, 0.29) is 17.9 Å². The van der Waals surface area contributed by atoms with Gasteiger partial charge in [0.2, 0.25) is 0 Å². The summed E-state index contributed by atoms with van der Waals surface area (Å²) in [5, 5.41) is 0. The van der Waals surface area contributed by atoms with Crippen molar-refractivity contribution in [3.63, 3.8) is 0 Å². The molecule has 1 aliphatic rings. The SMILES string of the molecule is CN[SiH]1C[SiH](NC)C1. The van der Waals surface area contributed by atoms with Crippen molar-refractivity contribution in [3.8, 4) is 0 Å². The summed E-state index contributed by atoms with van der Waals surface area (Å²) in [5.74, 6) is 0. The minimum atomic E-state index is -0.306. The Bertz CT molecular complexity index is 64.4. The number of rotatable bonds is 2. The van der Waals surface area contributed by atoms with Crippen molar-refractivity contribution in [1.29, 1.82) is 0 Å². The van der Waals surface area contributed by atoms with Crippen LogP contribution in [-0.4, -0.2) is 32.0 Å². The van der Waals surface area contributed by atoms with Gasteiger partial charge in [0.15, 0.2) is 0 Å². The topological polar surface area (TPSA) is 24.1 Å². The first-order valence-electron chi connectivity index (χ1n) is 3.21. The average Bonchev–Trinajstić information content (AvgIpc) is 1.65. The monoisotopic (exact) mass is 146 g/mol. The summed E-state index contributed by atoms with van der Waals surface area (Å²) in [6.07, 6.45) is 0. The van der Waals surface area contributed by atoms with Gasteiger partial charge in [0.1, 0.15) is 17.9 Å². The van der Waals surface area contributed by atoms with Crippen LogP contribution in [0.15, 0.2) is 0 Å². The van der Waals surface area contributed by atoms with Gasteiger partial charge in [-0.25, -0.2) is 0 Å². The third-order valence-corrected chi connectivity index (χ3v) is 12.7. The molecule has 0 aromatic rings. The van der Waals surface area contributed by atoms with Crippen LogP contribution in [0.3, 0.4) is 0 Å². The lowest BCUT2D eigenvalue weighted by molar-refractivity contribution is 1.10. The Morgan fingerprint density at radius 2 is 1.38 bits per heavy atom. The van der Waals surface area contributed by atoms with E-state index in [1.54, 1.807) is 11.3 Å². The molecule has 2 nitrogen and oxygen atoms in total. The Balaban J connectivity index is 2.03. The molecule has 0 radical (unpaired) electrons. The first kappa shape index (κ1) is 6.47. The van der Waals surface area contributed by atoms with Crippen molar-refractivity contribution in [2.45, 2.75) is 11.3 Å². The van der Waals surface area contributed by atoms with E-state index in [1.807, 2.05) is 0 Å². The van der Waals surface area contributed by atoms with Gasteiger partial charge in [-0.05, 0) is 25.4 Å². The normalized spacial score (nSPS) is 36.8. The molecule has 1 fully saturated rings. The average molecular weight is 146 g/mol. The number of hydrogen-bond donors (Lipinski definition) is 2. The molecule has 0 spiro atoms. The first-order valence-corrected chi connectivity index (χ1v) is 7.63. The lowest BCUT2D eigenvalue weighted by Crippen LogP contribution is -2.54. The molecule has 1 heterocycles. The zero-order chi connectivity index (χ0) is 5.98. The van der Waals surface area contributed by atoms with E-state index in [0.29, 0.717) is 0 Å². The third-order valence-electron chi connectivity index (χ3n) is 1.95. The molecule has 0 atom stereocenters. The van der Waals surface area contributed by atoms with Gasteiger partial charge in [-0.1, -0.05) is 0 Å². The molecule has 2 N–H and O–H groups in total. The van der Waals surface area contributed by atoms with Crippen molar-refractivity contribution in [1.82, 2.24) is 9.96 Å². The highest BCUT2D eigenvalue weighted by atomic mass is 28.4. The van der Waals surface area contributed by atoms with Crippen LogP contribution in [0.4, 0.5) is 0 Å². The van der Waals surface area contributed by atoms with Crippen LogP contribution < -0.4 is 9.96 Å². The highest BCUT2D eigenvalue weighted by Gasteiger charge is 2.29. The van der Waals surface area contributed by atoms with Crippen molar-refractivity contribution >= 4 is 17.9 Å². The Morgan fingerprint density at radius 1 is 1.00 bits per heavy atom. The van der Waals surface area contributed by atoms with Crippen LogP contribution in [0.25, 0.3) is 0 Å². The van der Waals surface area contributed by atoms with Crippen LogP contribution in [0.1, 0.15) is 0 Å². The van der Waals surface area contributed by atoms with Crippen LogP contribution in [0, 0.1) is 0 Å². The molecule has 48 valence electrons. The minimum Gasteiger partial charge on any atom is -0.343 e. The standard InChI is InChI=1S/C4H14N2Si2/c1-5-7-3-8(4-7)6-2/h5-8H,3-4H2,1-2H3. The zero-order valence-electron chi connectivity index (χ0n) is 5.57. The summed E-state index contributed by atoms with van der Waals surface area (Å²) in [6.45, 7) is 0. The number of nitrogens with one attached hydrogen (secondary N) is 2. The molecular weight excluding hydrogens is 132 g/mol. The third kappa shape index (κ3) is 1.19. The van der Waals surface area contributed by atoms with E-state index in [1.165, 1.54) is 0 Å². The maximum absolute atomic E-state index is 3.40. The van der Waals surface area contributed by atoms with E-state index in [0.717, 1.165) is 0 Å². The molecule has 0 amide bonds. The van der Waals surface area contributed by atoms with E-state index >= 15 is 0 Å². The summed E-state index contributed by atoms with van der Waals surface area (Å²) in [7, 11) is 3.60. The van der Waals surface area contributed by atoms with Crippen LogP contribution in [0.5, 0.6) is 0 Å². The molecule has 0 aliphatic carbocycles. The summed E-state index contributed by atoms with van der Waals surface area (Å²) < 4.78 is 0. The van der Waals surface area contributed by atoms with Crippen molar-refractivity contribution in [2.75, 3.05) is 14.1 Å². The van der Waals surface area contributed by atoms with Crippen LogP contribution >= 0.6 is 0 Å². The summed E-state index contributed by atoms with van der Waals surface area (Å²) in [5.41, 5.74) is 3.15. The Hall–Kier alpha value is 0.354. The Kier molecular flexibility index (Phi) is 2.24. The smallest absolute Gasteiger partial charge is 0.105 e. The van der Waals surface area contributed by atoms with Gasteiger partial charge in [0, 0.05) is 0 Å². The predicted molar refractivity (Wildman–Crippen MR) is 42.0 cm³/mol. The van der Waals surface area contributed by atoms with Gasteiger partial charge < -0.3 is 9.96 Å². The van der Waals surface area contributed by atoms with Crippen molar-refractivity contribution in [3.05, 3.63) is 0 Å². The molecule has 8 heavy (non-hydrogen) atoms. The Morgan fingerprint density at radius 3 is 1.62 bits per heavy atom. The summed E-state index contributed by atoms with van der Waals surface area (Å²) >= 11 is 0. The van der Waals surface area contributed by atoms with E-state index in [2.05, 4.69) is 24.1 Å². The summed E-state index contributed by atoms with van der Waals surface area (Å²) in [6, 6.07) is 0. The fourth-order valence-corrected chi connectivity index (χ4v) is 9.80. The van der Waals surface area contributed by atoms with E-state index in [4.69, 9.17) is 0 Å². The largest absolute Gasteiger partial charge is 0.343 e. The van der Waals surface area contributed by atoms with Crippen LogP contribution in [0.2, 0.25) is 11.3 Å². The van der Waals surface area contributed by atoms with Gasteiger partial charge in [0.05, 0.1) is 0 Å². The molecule has 1 saturated heterocycles. The zero-order valence-corrected chi connectivity index (χ0v) is 7.88.